The maximum atomic E-state index is 13.0. The van der Waals surface area contributed by atoms with E-state index in [0.29, 0.717) is 18.4 Å². The molecule has 0 unspecified atom stereocenters. The molecule has 0 aliphatic heterocycles. The van der Waals surface area contributed by atoms with Gasteiger partial charge in [-0.1, -0.05) is 0 Å². The summed E-state index contributed by atoms with van der Waals surface area (Å²) in [6.45, 7) is 7.70. The summed E-state index contributed by atoms with van der Waals surface area (Å²) in [5.41, 5.74) is 0.0574. The normalized spacial score (nSPS) is 12.2. The number of ether oxygens (including phenoxy) is 1. The van der Waals surface area contributed by atoms with E-state index < -0.39 is 17.5 Å². The zero-order valence-electron chi connectivity index (χ0n) is 11.2. The molecule has 0 bridgehead atoms. The number of rotatable bonds is 5. The van der Waals surface area contributed by atoms with Crippen LogP contribution in [0.1, 0.15) is 39.7 Å². The van der Waals surface area contributed by atoms with Crippen LogP contribution in [0.5, 0.6) is 0 Å². The van der Waals surface area contributed by atoms with Gasteiger partial charge < -0.3 is 4.74 Å². The van der Waals surface area contributed by atoms with Crippen LogP contribution in [-0.4, -0.2) is 11.7 Å². The van der Waals surface area contributed by atoms with Crippen LogP contribution in [0.3, 0.4) is 0 Å². The Morgan fingerprint density at radius 1 is 1.11 bits per heavy atom. The monoisotopic (exact) mass is 260 g/mol. The lowest BCUT2D eigenvalue weighted by atomic mass is 9.98. The van der Waals surface area contributed by atoms with Crippen LogP contribution < -0.4 is 0 Å². The molecule has 0 heterocycles. The summed E-state index contributed by atoms with van der Waals surface area (Å²) in [4.78, 5) is 0. The third kappa shape index (κ3) is 4.33. The summed E-state index contributed by atoms with van der Waals surface area (Å²) in [5, 5.41) is 0. The van der Waals surface area contributed by atoms with Crippen LogP contribution in [0.2, 0.25) is 0 Å². The van der Waals surface area contributed by atoms with Crippen molar-refractivity contribution in [1.29, 1.82) is 0 Å². The quantitative estimate of drug-likeness (QED) is 0.719. The van der Waals surface area contributed by atoms with E-state index in [1.165, 1.54) is 0 Å². The topological polar surface area (TPSA) is 9.23 Å². The van der Waals surface area contributed by atoms with Crippen molar-refractivity contribution in [2.45, 2.75) is 52.2 Å². The first kappa shape index (κ1) is 15.0. The molecule has 18 heavy (non-hydrogen) atoms. The number of halogens is 3. The van der Waals surface area contributed by atoms with Gasteiger partial charge in [0.25, 0.3) is 0 Å². The molecule has 1 aromatic carbocycles. The van der Waals surface area contributed by atoms with Crippen molar-refractivity contribution in [3.63, 3.8) is 0 Å². The van der Waals surface area contributed by atoms with E-state index in [1.807, 2.05) is 27.7 Å². The average molecular weight is 260 g/mol. The van der Waals surface area contributed by atoms with Gasteiger partial charge in [0, 0.05) is 0 Å². The molecule has 0 aliphatic rings. The van der Waals surface area contributed by atoms with E-state index in [2.05, 4.69) is 0 Å². The Balaban J connectivity index is 2.69. The van der Waals surface area contributed by atoms with E-state index in [9.17, 15) is 13.2 Å². The van der Waals surface area contributed by atoms with Crippen molar-refractivity contribution in [1.82, 2.24) is 0 Å². The average Bonchev–Trinajstić information content (AvgIpc) is 2.21. The summed E-state index contributed by atoms with van der Waals surface area (Å²) in [5.74, 6) is -3.71. The van der Waals surface area contributed by atoms with E-state index in [4.69, 9.17) is 4.74 Å². The molecule has 0 N–H and O–H groups in total. The van der Waals surface area contributed by atoms with Crippen LogP contribution in [0.15, 0.2) is 12.1 Å². The van der Waals surface area contributed by atoms with Gasteiger partial charge >= 0.3 is 0 Å². The van der Waals surface area contributed by atoms with Crippen molar-refractivity contribution in [3.05, 3.63) is 35.1 Å². The van der Waals surface area contributed by atoms with Crippen LogP contribution >= 0.6 is 0 Å². The second-order valence-corrected chi connectivity index (χ2v) is 5.30. The highest BCUT2D eigenvalue weighted by molar-refractivity contribution is 5.19. The third-order valence-electron chi connectivity index (χ3n) is 2.61. The summed E-state index contributed by atoms with van der Waals surface area (Å²) in [6, 6.07) is 2.06. The molecule has 1 aromatic rings. The smallest absolute Gasteiger partial charge is 0.194 e. The van der Waals surface area contributed by atoms with Gasteiger partial charge in [-0.05, 0) is 58.2 Å². The minimum atomic E-state index is -1.42. The number of hydrogen-bond donors (Lipinski definition) is 0. The maximum Gasteiger partial charge on any atom is 0.194 e. The van der Waals surface area contributed by atoms with Gasteiger partial charge in [-0.3, -0.25) is 0 Å². The van der Waals surface area contributed by atoms with Crippen molar-refractivity contribution >= 4 is 0 Å². The molecule has 0 radical (unpaired) electrons. The highest BCUT2D eigenvalue weighted by atomic mass is 19.2. The molecule has 1 rings (SSSR count). The van der Waals surface area contributed by atoms with Crippen LogP contribution in [-0.2, 0) is 11.2 Å². The Kier molecular flexibility index (Phi) is 4.79. The van der Waals surface area contributed by atoms with Crippen molar-refractivity contribution in [3.8, 4) is 0 Å². The van der Waals surface area contributed by atoms with Gasteiger partial charge in [0.1, 0.15) is 0 Å². The zero-order valence-corrected chi connectivity index (χ0v) is 11.2. The Morgan fingerprint density at radius 3 is 2.06 bits per heavy atom. The molecule has 0 fully saturated rings. The van der Waals surface area contributed by atoms with Crippen LogP contribution in [0.4, 0.5) is 13.2 Å². The molecule has 0 atom stereocenters. The number of benzene rings is 1. The molecule has 0 amide bonds. The van der Waals surface area contributed by atoms with Crippen LogP contribution in [0.25, 0.3) is 0 Å². The molecule has 0 aliphatic carbocycles. The molecule has 4 heteroatoms. The molecule has 0 saturated heterocycles. The van der Waals surface area contributed by atoms with Gasteiger partial charge in [-0.2, -0.15) is 0 Å². The predicted octanol–water partition coefficient (Wildman–Crippen LogP) is 4.24. The molecule has 0 aromatic heterocycles. The second kappa shape index (κ2) is 5.74. The van der Waals surface area contributed by atoms with Crippen molar-refractivity contribution < 1.29 is 17.9 Å². The van der Waals surface area contributed by atoms with E-state index >= 15 is 0 Å². The lowest BCUT2D eigenvalue weighted by Gasteiger charge is -2.27. The summed E-state index contributed by atoms with van der Waals surface area (Å²) in [6.07, 6.45) is 1.13. The SMILES string of the molecule is CC(C)OC(C)(C)CCc1cc(F)c(F)c(F)c1. The number of aryl methyl sites for hydroxylation is 1. The maximum absolute atomic E-state index is 13.0. The Bertz CT molecular complexity index is 390. The second-order valence-electron chi connectivity index (χ2n) is 5.30. The summed E-state index contributed by atoms with van der Waals surface area (Å²) >= 11 is 0. The highest BCUT2D eigenvalue weighted by Crippen LogP contribution is 2.21. The van der Waals surface area contributed by atoms with Crippen LogP contribution in [0, 0.1) is 17.5 Å². The van der Waals surface area contributed by atoms with Gasteiger partial charge in [0.2, 0.25) is 0 Å². The van der Waals surface area contributed by atoms with E-state index in [1.54, 1.807) is 0 Å². The lowest BCUT2D eigenvalue weighted by molar-refractivity contribution is -0.0600. The summed E-state index contributed by atoms with van der Waals surface area (Å²) < 4.78 is 44.5. The van der Waals surface area contributed by atoms with E-state index in [0.717, 1.165) is 12.1 Å². The minimum Gasteiger partial charge on any atom is -0.373 e. The van der Waals surface area contributed by atoms with E-state index in [-0.39, 0.29) is 11.7 Å². The Hall–Kier alpha value is -1.03. The number of hydrogen-bond acceptors (Lipinski definition) is 1. The zero-order chi connectivity index (χ0) is 13.9. The first-order valence-corrected chi connectivity index (χ1v) is 6.02. The fourth-order valence-electron chi connectivity index (χ4n) is 1.89. The standard InChI is InChI=1S/C14H19F3O/c1-9(2)18-14(3,4)6-5-10-7-11(15)13(17)12(16)8-10/h7-9H,5-6H2,1-4H3. The molecule has 102 valence electrons. The Labute approximate surface area is 106 Å². The van der Waals surface area contributed by atoms with Crippen molar-refractivity contribution in [2.24, 2.45) is 0 Å². The Morgan fingerprint density at radius 2 is 1.61 bits per heavy atom. The van der Waals surface area contributed by atoms with Gasteiger partial charge in [0.15, 0.2) is 17.5 Å². The fraction of sp³-hybridized carbons (Fsp3) is 0.571. The lowest BCUT2D eigenvalue weighted by Crippen LogP contribution is -2.28. The highest BCUT2D eigenvalue weighted by Gasteiger charge is 2.20. The first-order chi connectivity index (χ1) is 8.21. The molecule has 0 spiro atoms. The van der Waals surface area contributed by atoms with Gasteiger partial charge in [-0.15, -0.1) is 0 Å². The first-order valence-electron chi connectivity index (χ1n) is 6.02. The molecule has 0 saturated carbocycles. The molecular weight excluding hydrogens is 241 g/mol. The minimum absolute atomic E-state index is 0.0849. The molecular formula is C14H19F3O. The van der Waals surface area contributed by atoms with Gasteiger partial charge in [-0.25, -0.2) is 13.2 Å². The van der Waals surface area contributed by atoms with Crippen molar-refractivity contribution in [2.75, 3.05) is 0 Å². The summed E-state index contributed by atoms with van der Waals surface area (Å²) in [7, 11) is 0. The fourth-order valence-corrected chi connectivity index (χ4v) is 1.89. The van der Waals surface area contributed by atoms with Gasteiger partial charge in [0.05, 0.1) is 11.7 Å². The largest absolute Gasteiger partial charge is 0.373 e. The predicted molar refractivity (Wildman–Crippen MR) is 64.9 cm³/mol. The third-order valence-corrected chi connectivity index (χ3v) is 2.61. The molecule has 1 nitrogen and oxygen atoms in total.